The third-order valence-electron chi connectivity index (χ3n) is 5.65. The highest BCUT2D eigenvalue weighted by Crippen LogP contribution is 2.32. The van der Waals surface area contributed by atoms with Crippen molar-refractivity contribution in [1.29, 1.82) is 0 Å². The van der Waals surface area contributed by atoms with Crippen LogP contribution in [0.15, 0.2) is 59.0 Å². The Labute approximate surface area is 213 Å². The molecule has 2 N–H and O–H groups in total. The van der Waals surface area contributed by atoms with Crippen molar-refractivity contribution < 1.29 is 9.21 Å². The lowest BCUT2D eigenvalue weighted by Gasteiger charge is -2.12. The normalized spacial score (nSPS) is 11.9. The van der Waals surface area contributed by atoms with Crippen LogP contribution in [-0.2, 0) is 0 Å². The first kappa shape index (κ1) is 24.2. The van der Waals surface area contributed by atoms with Gasteiger partial charge in [0.1, 0.15) is 5.52 Å². The van der Waals surface area contributed by atoms with Gasteiger partial charge in [-0.05, 0) is 85.1 Å². The topological polar surface area (TPSA) is 67.2 Å². The lowest BCUT2D eigenvalue weighted by atomic mass is 9.98. The lowest BCUT2D eigenvalue weighted by Crippen LogP contribution is -2.34. The quantitative estimate of drug-likeness (QED) is 0.268. The number of carbonyl (C=O) groups excluding carboxylic acids is 1. The number of anilines is 1. The molecule has 0 bridgehead atoms. The van der Waals surface area contributed by atoms with E-state index in [4.69, 9.17) is 39.8 Å². The molecule has 0 aliphatic carbocycles. The van der Waals surface area contributed by atoms with E-state index in [9.17, 15) is 4.79 Å². The molecule has 174 valence electrons. The number of fused-ring (bicyclic) bond motifs is 1. The number of thiocarbonyl (C=S) groups is 1. The molecule has 0 unspecified atom stereocenters. The van der Waals surface area contributed by atoms with Crippen LogP contribution in [0.5, 0.6) is 0 Å². The van der Waals surface area contributed by atoms with Crippen LogP contribution in [0.25, 0.3) is 22.6 Å². The molecule has 0 saturated heterocycles. The highest BCUT2D eigenvalue weighted by molar-refractivity contribution is 7.80. The molecule has 1 atom stereocenters. The summed E-state index contributed by atoms with van der Waals surface area (Å²) in [6.07, 6.45) is 1.05. The highest BCUT2D eigenvalue weighted by atomic mass is 35.5. The second-order valence-electron chi connectivity index (χ2n) is 8.14. The van der Waals surface area contributed by atoms with E-state index in [2.05, 4.69) is 41.6 Å². The Morgan fingerprint density at radius 2 is 1.88 bits per heavy atom. The number of benzene rings is 3. The molecule has 1 amide bonds. The number of amides is 1. The second-order valence-corrected chi connectivity index (χ2v) is 9.36. The van der Waals surface area contributed by atoms with Crippen molar-refractivity contribution in [3.8, 4) is 11.5 Å². The van der Waals surface area contributed by atoms with Gasteiger partial charge in [-0.3, -0.25) is 10.1 Å². The zero-order valence-electron chi connectivity index (χ0n) is 18.9. The SMILES string of the molecule is CC[C@H](C)c1ccc2oc(-c3ccc(Cl)c(NC(=S)NC(=O)c4ccc(C)cc4Cl)c3)nc2c1. The minimum Gasteiger partial charge on any atom is -0.436 e. The number of aryl methyl sites for hydroxylation is 1. The number of nitrogens with one attached hydrogen (secondary N) is 2. The summed E-state index contributed by atoms with van der Waals surface area (Å²) in [7, 11) is 0. The molecule has 0 saturated carbocycles. The van der Waals surface area contributed by atoms with Gasteiger partial charge in [-0.2, -0.15) is 0 Å². The van der Waals surface area contributed by atoms with Crippen LogP contribution in [0.4, 0.5) is 5.69 Å². The van der Waals surface area contributed by atoms with Crippen LogP contribution in [0.1, 0.15) is 47.7 Å². The van der Waals surface area contributed by atoms with Gasteiger partial charge in [0.25, 0.3) is 5.91 Å². The molecule has 1 heterocycles. The third kappa shape index (κ3) is 5.25. The van der Waals surface area contributed by atoms with E-state index in [-0.39, 0.29) is 5.11 Å². The zero-order valence-corrected chi connectivity index (χ0v) is 21.2. The molecule has 5 nitrogen and oxygen atoms in total. The van der Waals surface area contributed by atoms with Gasteiger partial charge in [0.15, 0.2) is 10.7 Å². The van der Waals surface area contributed by atoms with Crippen LogP contribution in [-0.4, -0.2) is 16.0 Å². The Balaban J connectivity index is 1.54. The number of hydrogen-bond donors (Lipinski definition) is 2. The number of oxazole rings is 1. The first-order chi connectivity index (χ1) is 16.2. The average molecular weight is 512 g/mol. The van der Waals surface area contributed by atoms with E-state index in [1.54, 1.807) is 24.3 Å². The molecule has 1 aromatic heterocycles. The standard InChI is InChI=1S/C26H23Cl2N3O2S/c1-4-15(3)16-7-10-23-22(12-16)29-25(33-23)17-6-9-19(27)21(13-17)30-26(34)31-24(32)18-8-5-14(2)11-20(18)28/h5-13,15H,4H2,1-3H3,(H2,30,31,32,34)/t15-/m0/s1. The van der Waals surface area contributed by atoms with E-state index in [0.29, 0.717) is 38.7 Å². The number of halogens is 2. The molecule has 0 radical (unpaired) electrons. The summed E-state index contributed by atoms with van der Waals surface area (Å²) < 4.78 is 5.97. The third-order valence-corrected chi connectivity index (χ3v) is 6.50. The van der Waals surface area contributed by atoms with Crippen molar-refractivity contribution in [3.05, 3.63) is 81.3 Å². The Bertz CT molecular complexity index is 1400. The van der Waals surface area contributed by atoms with E-state index in [1.165, 1.54) is 5.56 Å². The maximum absolute atomic E-state index is 12.6. The van der Waals surface area contributed by atoms with Crippen molar-refractivity contribution in [1.82, 2.24) is 10.3 Å². The van der Waals surface area contributed by atoms with Gasteiger partial charge in [-0.25, -0.2) is 4.98 Å². The smallest absolute Gasteiger partial charge is 0.258 e. The zero-order chi connectivity index (χ0) is 24.4. The fraction of sp³-hybridized carbons (Fsp3) is 0.192. The molecule has 0 aliphatic rings. The minimum absolute atomic E-state index is 0.0939. The molecule has 34 heavy (non-hydrogen) atoms. The molecule has 0 spiro atoms. The summed E-state index contributed by atoms with van der Waals surface area (Å²) >= 11 is 17.9. The van der Waals surface area contributed by atoms with Crippen LogP contribution < -0.4 is 10.6 Å². The molecule has 0 fully saturated rings. The summed E-state index contributed by atoms with van der Waals surface area (Å²) in [5.41, 5.74) is 5.27. The van der Waals surface area contributed by atoms with Crippen LogP contribution in [0, 0.1) is 6.92 Å². The molecular weight excluding hydrogens is 489 g/mol. The van der Waals surface area contributed by atoms with Crippen LogP contribution in [0.2, 0.25) is 10.0 Å². The predicted molar refractivity (Wildman–Crippen MR) is 143 cm³/mol. The molecule has 4 aromatic rings. The van der Waals surface area contributed by atoms with Gasteiger partial charge in [0.2, 0.25) is 5.89 Å². The summed E-state index contributed by atoms with van der Waals surface area (Å²) in [6.45, 7) is 6.25. The molecule has 3 aromatic carbocycles. The van der Waals surface area contributed by atoms with Crippen molar-refractivity contribution in [3.63, 3.8) is 0 Å². The van der Waals surface area contributed by atoms with Gasteiger partial charge in [-0.1, -0.05) is 49.2 Å². The molecule has 4 rings (SSSR count). The summed E-state index contributed by atoms with van der Waals surface area (Å²) in [5.74, 6) is 0.505. The Hall–Kier alpha value is -2.93. The summed E-state index contributed by atoms with van der Waals surface area (Å²) in [6, 6.07) is 16.6. The predicted octanol–water partition coefficient (Wildman–Crippen LogP) is 7.75. The fourth-order valence-electron chi connectivity index (χ4n) is 3.49. The van der Waals surface area contributed by atoms with Crippen molar-refractivity contribution in [2.45, 2.75) is 33.1 Å². The maximum Gasteiger partial charge on any atom is 0.258 e. The van der Waals surface area contributed by atoms with E-state index >= 15 is 0 Å². The fourth-order valence-corrected chi connectivity index (χ4v) is 4.18. The van der Waals surface area contributed by atoms with Crippen molar-refractivity contribution >= 4 is 63.2 Å². The van der Waals surface area contributed by atoms with Crippen LogP contribution >= 0.6 is 35.4 Å². The highest BCUT2D eigenvalue weighted by Gasteiger charge is 2.15. The number of carbonyl (C=O) groups is 1. The number of aromatic nitrogens is 1. The minimum atomic E-state index is -0.411. The molecule has 8 heteroatoms. The number of rotatable bonds is 5. The van der Waals surface area contributed by atoms with Gasteiger partial charge in [0, 0.05) is 5.56 Å². The van der Waals surface area contributed by atoms with Crippen LogP contribution in [0.3, 0.4) is 0 Å². The average Bonchev–Trinajstić information content (AvgIpc) is 3.23. The number of nitrogens with zero attached hydrogens (tertiary/aromatic N) is 1. The van der Waals surface area contributed by atoms with Crippen molar-refractivity contribution in [2.24, 2.45) is 0 Å². The summed E-state index contributed by atoms with van der Waals surface area (Å²) in [4.78, 5) is 17.2. The first-order valence-electron chi connectivity index (χ1n) is 10.8. The first-order valence-corrected chi connectivity index (χ1v) is 12.0. The Kier molecular flexibility index (Phi) is 7.22. The molecule has 0 aliphatic heterocycles. The van der Waals surface area contributed by atoms with Gasteiger partial charge >= 0.3 is 0 Å². The number of hydrogen-bond acceptors (Lipinski definition) is 4. The second kappa shape index (κ2) is 10.1. The van der Waals surface area contributed by atoms with Crippen molar-refractivity contribution in [2.75, 3.05) is 5.32 Å². The van der Waals surface area contributed by atoms with Gasteiger partial charge < -0.3 is 9.73 Å². The Morgan fingerprint density at radius 1 is 1.09 bits per heavy atom. The Morgan fingerprint density at radius 3 is 2.62 bits per heavy atom. The van der Waals surface area contributed by atoms with Gasteiger partial charge in [0.05, 0.1) is 21.3 Å². The monoisotopic (exact) mass is 511 g/mol. The van der Waals surface area contributed by atoms with Gasteiger partial charge in [-0.15, -0.1) is 0 Å². The molecular formula is C26H23Cl2N3O2S. The van der Waals surface area contributed by atoms with E-state index in [0.717, 1.165) is 23.1 Å². The van der Waals surface area contributed by atoms with E-state index < -0.39 is 5.91 Å². The maximum atomic E-state index is 12.6. The lowest BCUT2D eigenvalue weighted by molar-refractivity contribution is 0.0978. The van der Waals surface area contributed by atoms with E-state index in [1.807, 2.05) is 25.1 Å². The summed E-state index contributed by atoms with van der Waals surface area (Å²) in [5, 5.41) is 6.49. The largest absolute Gasteiger partial charge is 0.436 e.